The van der Waals surface area contributed by atoms with Crippen LogP contribution in [0.25, 0.3) is 12.2 Å². The van der Waals surface area contributed by atoms with E-state index in [1.165, 1.54) is 6.92 Å². The molecule has 3 atom stereocenters. The lowest BCUT2D eigenvalue weighted by Crippen LogP contribution is -2.45. The molecule has 30 heavy (non-hydrogen) atoms. The number of Topliss-reactive ketones (excluding diaryl/α,β-unsaturated/α-hetero) is 1. The number of aliphatic hydroxyl groups excluding tert-OH is 1. The number of hydrogen-bond acceptors (Lipinski definition) is 5. The van der Waals surface area contributed by atoms with Crippen LogP contribution in [0, 0.1) is 0 Å². The summed E-state index contributed by atoms with van der Waals surface area (Å²) in [5.74, 6) is -0.220. The molecule has 0 amide bonds. The summed E-state index contributed by atoms with van der Waals surface area (Å²) in [5, 5.41) is 15.5. The lowest BCUT2D eigenvalue weighted by molar-refractivity contribution is -0.121. The average Bonchev–Trinajstić information content (AvgIpc) is 3.46. The Morgan fingerprint density at radius 1 is 1.10 bits per heavy atom. The predicted octanol–water partition coefficient (Wildman–Crippen LogP) is 1.33. The molecule has 150 valence electrons. The van der Waals surface area contributed by atoms with Crippen molar-refractivity contribution in [1.29, 1.82) is 0 Å². The van der Waals surface area contributed by atoms with Gasteiger partial charge in [-0.15, -0.1) is 0 Å². The van der Waals surface area contributed by atoms with E-state index in [4.69, 9.17) is 1.37 Å². The van der Waals surface area contributed by atoms with Gasteiger partial charge in [0, 0.05) is 24.2 Å². The highest BCUT2D eigenvalue weighted by molar-refractivity contribution is 6.20. The number of rotatable bonds is 2. The van der Waals surface area contributed by atoms with Gasteiger partial charge in [0.2, 0.25) is 0 Å². The summed E-state index contributed by atoms with van der Waals surface area (Å²) in [6.45, 7) is 3.06. The highest BCUT2D eigenvalue weighted by Crippen LogP contribution is 2.35. The largest absolute Gasteiger partial charge is 0.389 e. The van der Waals surface area contributed by atoms with Gasteiger partial charge < -0.3 is 15.4 Å². The van der Waals surface area contributed by atoms with Crippen LogP contribution in [-0.2, 0) is 4.79 Å². The number of fused-ring (bicyclic) bond motifs is 6. The molecule has 5 rings (SSSR count). The molecule has 4 aliphatic rings. The van der Waals surface area contributed by atoms with E-state index in [-0.39, 0.29) is 5.78 Å². The standard InChI is InChI=1S/C24H22N4O2/c1-14(29)22-13-24(15(2)30)12-21-8-7-19(27-21)10-17-4-3-16(25-17)9-18-5-6-20(26-18)11-23(22)28-24/h3-12,14,25,28-29H,13H2,1-2H3/i13D. The van der Waals surface area contributed by atoms with Crippen LogP contribution in [-0.4, -0.2) is 38.9 Å². The lowest BCUT2D eigenvalue weighted by atomic mass is 9.88. The Morgan fingerprint density at radius 3 is 2.37 bits per heavy atom. The van der Waals surface area contributed by atoms with Crippen LogP contribution in [0.1, 0.15) is 21.6 Å². The number of carbonyl (C=O) groups is 1. The first kappa shape index (κ1) is 17.4. The lowest BCUT2D eigenvalue weighted by Gasteiger charge is -2.25. The summed E-state index contributed by atoms with van der Waals surface area (Å²) in [7, 11) is 0. The van der Waals surface area contributed by atoms with Gasteiger partial charge in [-0.2, -0.15) is 0 Å². The van der Waals surface area contributed by atoms with Gasteiger partial charge in [0.25, 0.3) is 0 Å². The van der Waals surface area contributed by atoms with Crippen LogP contribution >= 0.6 is 0 Å². The highest BCUT2D eigenvalue weighted by Gasteiger charge is 2.42. The minimum atomic E-state index is -1.32. The number of carbonyl (C=O) groups excluding carboxylic acids is 1. The Hall–Kier alpha value is -3.51. The number of allylic oxidation sites excluding steroid dienone is 5. The molecule has 0 radical (unpaired) electrons. The number of aromatic amines is 1. The van der Waals surface area contributed by atoms with E-state index in [0.717, 1.165) is 22.1 Å². The van der Waals surface area contributed by atoms with Crippen LogP contribution in [0.3, 0.4) is 0 Å². The van der Waals surface area contributed by atoms with Gasteiger partial charge in [0.05, 0.1) is 28.9 Å². The van der Waals surface area contributed by atoms with E-state index in [9.17, 15) is 9.90 Å². The fourth-order valence-electron chi connectivity index (χ4n) is 3.90. The molecule has 1 aromatic rings. The number of ketones is 1. The minimum absolute atomic E-state index is 0.220. The maximum atomic E-state index is 12.8. The second-order valence-corrected chi connectivity index (χ2v) is 7.78. The first-order valence-electron chi connectivity index (χ1n) is 10.4. The zero-order valence-electron chi connectivity index (χ0n) is 17.7. The van der Waals surface area contributed by atoms with Crippen LogP contribution in [0.15, 0.2) is 81.2 Å². The normalized spacial score (nSPS) is 28.0. The van der Waals surface area contributed by atoms with Gasteiger partial charge in [-0.3, -0.25) is 4.79 Å². The first-order chi connectivity index (χ1) is 14.8. The van der Waals surface area contributed by atoms with Gasteiger partial charge in [0.15, 0.2) is 5.78 Å². The fourth-order valence-corrected chi connectivity index (χ4v) is 3.90. The number of nitrogens with zero attached hydrogens (tertiary/aromatic N) is 2. The summed E-state index contributed by atoms with van der Waals surface area (Å²) >= 11 is 0. The third-order valence-electron chi connectivity index (χ3n) is 5.44. The molecular formula is C24H22N4O2. The maximum Gasteiger partial charge on any atom is 0.159 e. The molecular weight excluding hydrogens is 376 g/mol. The number of aliphatic hydroxyl groups is 1. The SMILES string of the molecule is [2H]C1C(C(C)O)=C2C=C3C=CC(=N3)C=c3ccc([nH]3)=CC3=NC(=CC1(C(C)=O)N2)C=C3. The van der Waals surface area contributed by atoms with E-state index < -0.39 is 18.0 Å². The van der Waals surface area contributed by atoms with E-state index in [0.29, 0.717) is 22.7 Å². The number of aliphatic imine (C=N–C) groups is 2. The van der Waals surface area contributed by atoms with Crippen molar-refractivity contribution < 1.29 is 11.3 Å². The Labute approximate surface area is 175 Å². The monoisotopic (exact) mass is 399 g/mol. The number of hydrogen-bond donors (Lipinski definition) is 3. The van der Waals surface area contributed by atoms with Gasteiger partial charge in [-0.1, -0.05) is 0 Å². The fraction of sp³-hybridized carbons (Fsp3) is 0.208. The molecule has 6 heteroatoms. The zero-order chi connectivity index (χ0) is 21.8. The van der Waals surface area contributed by atoms with Crippen molar-refractivity contribution in [1.82, 2.24) is 10.3 Å². The van der Waals surface area contributed by atoms with E-state index in [1.807, 2.05) is 48.6 Å². The molecule has 0 saturated carbocycles. The molecule has 5 heterocycles. The molecule has 8 bridgehead atoms. The third kappa shape index (κ3) is 3.25. The minimum Gasteiger partial charge on any atom is -0.389 e. The van der Waals surface area contributed by atoms with Crippen LogP contribution in [0.4, 0.5) is 0 Å². The van der Waals surface area contributed by atoms with Gasteiger partial charge in [-0.25, -0.2) is 9.98 Å². The molecule has 0 saturated heterocycles. The molecule has 0 aliphatic carbocycles. The van der Waals surface area contributed by atoms with E-state index in [1.54, 1.807) is 19.1 Å². The molecule has 6 nitrogen and oxygen atoms in total. The van der Waals surface area contributed by atoms with Crippen molar-refractivity contribution >= 4 is 29.4 Å². The molecule has 4 aliphatic heterocycles. The number of aromatic nitrogens is 1. The maximum absolute atomic E-state index is 12.8. The van der Waals surface area contributed by atoms with Crippen molar-refractivity contribution in [2.45, 2.75) is 31.9 Å². The van der Waals surface area contributed by atoms with Gasteiger partial charge in [-0.05, 0) is 80.2 Å². The number of nitrogens with one attached hydrogen (secondary N) is 2. The molecule has 0 aromatic carbocycles. The second-order valence-electron chi connectivity index (χ2n) is 7.78. The Bertz CT molecular complexity index is 1330. The molecule has 0 fully saturated rings. The van der Waals surface area contributed by atoms with Crippen LogP contribution < -0.4 is 16.0 Å². The summed E-state index contributed by atoms with van der Waals surface area (Å²) in [5.41, 5.74) is 2.47. The van der Waals surface area contributed by atoms with E-state index >= 15 is 0 Å². The molecule has 3 N–H and O–H groups in total. The molecule has 1 aromatic heterocycles. The first-order valence-corrected chi connectivity index (χ1v) is 9.84. The van der Waals surface area contributed by atoms with Crippen molar-refractivity contribution in [3.8, 4) is 0 Å². The smallest absolute Gasteiger partial charge is 0.159 e. The summed E-state index contributed by atoms with van der Waals surface area (Å²) in [6, 6.07) is 3.95. The molecule has 3 unspecified atom stereocenters. The van der Waals surface area contributed by atoms with Crippen molar-refractivity contribution in [2.24, 2.45) is 9.98 Å². The van der Waals surface area contributed by atoms with Gasteiger partial charge in [0.1, 0.15) is 5.54 Å². The topological polar surface area (TPSA) is 89.8 Å². The van der Waals surface area contributed by atoms with Crippen molar-refractivity contribution in [3.05, 3.63) is 82.0 Å². The van der Waals surface area contributed by atoms with Crippen molar-refractivity contribution in [2.75, 3.05) is 0 Å². The summed E-state index contributed by atoms with van der Waals surface area (Å²) < 4.78 is 8.87. The zero-order valence-corrected chi connectivity index (χ0v) is 16.7. The number of H-pyrrole nitrogens is 1. The predicted molar refractivity (Wildman–Crippen MR) is 118 cm³/mol. The summed E-state index contributed by atoms with van der Waals surface area (Å²) in [6.07, 6.45) is 12.9. The Balaban J connectivity index is 1.76. The van der Waals surface area contributed by atoms with Crippen LogP contribution in [0.2, 0.25) is 0 Å². The van der Waals surface area contributed by atoms with Crippen molar-refractivity contribution in [3.63, 3.8) is 0 Å². The third-order valence-corrected chi connectivity index (χ3v) is 5.44. The Kier molecular flexibility index (Phi) is 3.92. The van der Waals surface area contributed by atoms with Gasteiger partial charge >= 0.3 is 0 Å². The highest BCUT2D eigenvalue weighted by atomic mass is 16.3. The molecule has 0 spiro atoms. The van der Waals surface area contributed by atoms with Crippen LogP contribution in [0.5, 0.6) is 0 Å². The van der Waals surface area contributed by atoms with E-state index in [2.05, 4.69) is 20.3 Å². The second kappa shape index (κ2) is 6.78. The quantitative estimate of drug-likeness (QED) is 0.701. The average molecular weight is 399 g/mol. The Morgan fingerprint density at radius 2 is 1.73 bits per heavy atom. The summed E-state index contributed by atoms with van der Waals surface area (Å²) in [4.78, 5) is 25.4.